The van der Waals surface area contributed by atoms with E-state index < -0.39 is 0 Å². The third-order valence-electron chi connectivity index (χ3n) is 4.64. The second kappa shape index (κ2) is 7.66. The second-order valence-electron chi connectivity index (χ2n) is 6.89. The standard InChI is InChI=1S/C22H25N3O2/c1-15-11-16(2)22(17(3)12-15)27-14-21(26)25(5)23-13-18-7-6-8-20-19(18)9-10-24(20)4/h6-13H,14H2,1-5H3. The lowest BCUT2D eigenvalue weighted by atomic mass is 10.1. The van der Waals surface area contributed by atoms with Gasteiger partial charge in [0.15, 0.2) is 6.61 Å². The van der Waals surface area contributed by atoms with Crippen LogP contribution in [-0.2, 0) is 11.8 Å². The molecule has 1 heterocycles. The van der Waals surface area contributed by atoms with Gasteiger partial charge in [-0.3, -0.25) is 4.79 Å². The van der Waals surface area contributed by atoms with Crippen LogP contribution in [0.25, 0.3) is 10.9 Å². The molecular weight excluding hydrogens is 338 g/mol. The summed E-state index contributed by atoms with van der Waals surface area (Å²) in [6.07, 6.45) is 3.72. The van der Waals surface area contributed by atoms with Crippen LogP contribution in [0.2, 0.25) is 0 Å². The highest BCUT2D eigenvalue weighted by Crippen LogP contribution is 2.24. The Morgan fingerprint density at radius 3 is 2.59 bits per heavy atom. The fourth-order valence-corrected chi connectivity index (χ4v) is 3.27. The molecule has 2 aromatic carbocycles. The maximum atomic E-state index is 12.4. The summed E-state index contributed by atoms with van der Waals surface area (Å²) in [5, 5.41) is 6.72. The van der Waals surface area contributed by atoms with Crippen molar-refractivity contribution in [3.05, 3.63) is 64.8 Å². The van der Waals surface area contributed by atoms with Crippen LogP contribution in [0.4, 0.5) is 0 Å². The number of fused-ring (bicyclic) bond motifs is 1. The average Bonchev–Trinajstić information content (AvgIpc) is 3.00. The zero-order chi connectivity index (χ0) is 19.6. The van der Waals surface area contributed by atoms with Gasteiger partial charge >= 0.3 is 0 Å². The van der Waals surface area contributed by atoms with Crippen molar-refractivity contribution in [2.75, 3.05) is 13.7 Å². The van der Waals surface area contributed by atoms with Crippen LogP contribution in [0.5, 0.6) is 5.75 Å². The highest BCUT2D eigenvalue weighted by molar-refractivity contribution is 5.99. The number of hydrogen-bond acceptors (Lipinski definition) is 3. The molecule has 0 fully saturated rings. The number of hydrazone groups is 1. The lowest BCUT2D eigenvalue weighted by Gasteiger charge is -2.15. The van der Waals surface area contributed by atoms with Crippen LogP contribution >= 0.6 is 0 Å². The molecule has 3 rings (SSSR count). The van der Waals surface area contributed by atoms with Crippen molar-refractivity contribution < 1.29 is 9.53 Å². The van der Waals surface area contributed by atoms with Gasteiger partial charge in [0.05, 0.1) is 6.21 Å². The summed E-state index contributed by atoms with van der Waals surface area (Å²) in [4.78, 5) is 12.4. The Kier molecular flexibility index (Phi) is 5.31. The molecule has 140 valence electrons. The number of aryl methyl sites for hydroxylation is 4. The average molecular weight is 363 g/mol. The lowest BCUT2D eigenvalue weighted by molar-refractivity contribution is -0.132. The van der Waals surface area contributed by atoms with Gasteiger partial charge in [-0.1, -0.05) is 29.8 Å². The van der Waals surface area contributed by atoms with E-state index in [1.807, 2.05) is 52.2 Å². The SMILES string of the molecule is Cc1cc(C)c(OCC(=O)N(C)N=Cc2cccc3c2ccn3C)c(C)c1. The molecule has 5 nitrogen and oxygen atoms in total. The number of hydrogen-bond donors (Lipinski definition) is 0. The van der Waals surface area contributed by atoms with E-state index in [2.05, 4.69) is 27.9 Å². The maximum absolute atomic E-state index is 12.4. The Morgan fingerprint density at radius 1 is 1.19 bits per heavy atom. The van der Waals surface area contributed by atoms with E-state index in [1.54, 1.807) is 13.3 Å². The predicted molar refractivity (Wildman–Crippen MR) is 109 cm³/mol. The Labute approximate surface area is 159 Å². The van der Waals surface area contributed by atoms with Crippen molar-refractivity contribution in [1.29, 1.82) is 0 Å². The quantitative estimate of drug-likeness (QED) is 0.509. The summed E-state index contributed by atoms with van der Waals surface area (Å²) < 4.78 is 7.82. The summed E-state index contributed by atoms with van der Waals surface area (Å²) in [5.74, 6) is 0.561. The largest absolute Gasteiger partial charge is 0.483 e. The summed E-state index contributed by atoms with van der Waals surface area (Å²) in [6, 6.07) is 12.2. The summed E-state index contributed by atoms with van der Waals surface area (Å²) >= 11 is 0. The Hall–Kier alpha value is -3.08. The van der Waals surface area contributed by atoms with E-state index in [0.717, 1.165) is 33.3 Å². The first-order valence-electron chi connectivity index (χ1n) is 8.92. The molecule has 0 saturated carbocycles. The molecule has 27 heavy (non-hydrogen) atoms. The molecular formula is C22H25N3O2. The van der Waals surface area contributed by atoms with Gasteiger partial charge in [0.1, 0.15) is 5.75 Å². The normalized spacial score (nSPS) is 11.3. The molecule has 0 aliphatic heterocycles. The van der Waals surface area contributed by atoms with Crippen LogP contribution < -0.4 is 4.74 Å². The van der Waals surface area contributed by atoms with E-state index in [1.165, 1.54) is 10.6 Å². The molecule has 1 aromatic heterocycles. The Bertz CT molecular complexity index is 995. The number of aromatic nitrogens is 1. The minimum atomic E-state index is -0.203. The molecule has 5 heteroatoms. The van der Waals surface area contributed by atoms with Gasteiger partial charge in [0.25, 0.3) is 5.91 Å². The zero-order valence-electron chi connectivity index (χ0n) is 16.5. The number of carbonyl (C=O) groups is 1. The first kappa shape index (κ1) is 18.7. The molecule has 3 aromatic rings. The van der Waals surface area contributed by atoms with Gasteiger partial charge in [0.2, 0.25) is 0 Å². The van der Waals surface area contributed by atoms with Crippen LogP contribution in [0.1, 0.15) is 22.3 Å². The Morgan fingerprint density at radius 2 is 1.89 bits per heavy atom. The monoisotopic (exact) mass is 363 g/mol. The number of nitrogens with zero attached hydrogens (tertiary/aromatic N) is 3. The molecule has 0 N–H and O–H groups in total. The van der Waals surface area contributed by atoms with Crippen molar-refractivity contribution in [1.82, 2.24) is 9.58 Å². The highest BCUT2D eigenvalue weighted by atomic mass is 16.5. The first-order chi connectivity index (χ1) is 12.9. The fraction of sp³-hybridized carbons (Fsp3) is 0.273. The molecule has 0 spiro atoms. The summed E-state index contributed by atoms with van der Waals surface area (Å²) in [5.41, 5.74) is 5.34. The summed E-state index contributed by atoms with van der Waals surface area (Å²) in [6.45, 7) is 5.98. The molecule has 0 atom stereocenters. The minimum absolute atomic E-state index is 0.0475. The first-order valence-corrected chi connectivity index (χ1v) is 8.92. The third-order valence-corrected chi connectivity index (χ3v) is 4.64. The molecule has 0 bridgehead atoms. The number of rotatable bonds is 5. The third kappa shape index (κ3) is 4.03. The number of benzene rings is 2. The second-order valence-corrected chi connectivity index (χ2v) is 6.89. The topological polar surface area (TPSA) is 46.8 Å². The number of ether oxygens (including phenoxy) is 1. The van der Waals surface area contributed by atoms with Crippen molar-refractivity contribution in [3.8, 4) is 5.75 Å². The number of amides is 1. The van der Waals surface area contributed by atoms with Gasteiger partial charge < -0.3 is 9.30 Å². The van der Waals surface area contributed by atoms with Gasteiger partial charge in [-0.2, -0.15) is 5.10 Å². The van der Waals surface area contributed by atoms with E-state index in [4.69, 9.17) is 4.74 Å². The molecule has 0 radical (unpaired) electrons. The Balaban J connectivity index is 1.68. The van der Waals surface area contributed by atoms with E-state index >= 15 is 0 Å². The predicted octanol–water partition coefficient (Wildman–Crippen LogP) is 3.97. The lowest BCUT2D eigenvalue weighted by Crippen LogP contribution is -2.27. The summed E-state index contributed by atoms with van der Waals surface area (Å²) in [7, 11) is 3.65. The zero-order valence-corrected chi connectivity index (χ0v) is 16.5. The van der Waals surface area contributed by atoms with Crippen molar-refractivity contribution in [2.24, 2.45) is 12.1 Å². The minimum Gasteiger partial charge on any atom is -0.483 e. The van der Waals surface area contributed by atoms with Crippen molar-refractivity contribution in [3.63, 3.8) is 0 Å². The van der Waals surface area contributed by atoms with Crippen molar-refractivity contribution in [2.45, 2.75) is 20.8 Å². The van der Waals surface area contributed by atoms with Crippen LogP contribution in [0.15, 0.2) is 47.7 Å². The van der Waals surface area contributed by atoms with Crippen LogP contribution in [0, 0.1) is 20.8 Å². The van der Waals surface area contributed by atoms with Crippen LogP contribution in [0.3, 0.4) is 0 Å². The number of carbonyl (C=O) groups excluding carboxylic acids is 1. The van der Waals surface area contributed by atoms with Crippen molar-refractivity contribution >= 4 is 23.0 Å². The van der Waals surface area contributed by atoms with Gasteiger partial charge in [-0.05, 0) is 44.0 Å². The molecule has 0 unspecified atom stereocenters. The fourth-order valence-electron chi connectivity index (χ4n) is 3.27. The molecule has 1 amide bonds. The van der Waals surface area contributed by atoms with Gasteiger partial charge in [-0.25, -0.2) is 5.01 Å². The smallest absolute Gasteiger partial charge is 0.280 e. The molecule has 0 aliphatic carbocycles. The van der Waals surface area contributed by atoms with Gasteiger partial charge in [0, 0.05) is 36.8 Å². The van der Waals surface area contributed by atoms with Gasteiger partial charge in [-0.15, -0.1) is 0 Å². The number of likely N-dealkylation sites (N-methyl/N-ethyl adjacent to an activating group) is 1. The molecule has 0 saturated heterocycles. The molecule has 0 aliphatic rings. The van der Waals surface area contributed by atoms with Crippen LogP contribution in [-0.4, -0.2) is 35.4 Å². The van der Waals surface area contributed by atoms with E-state index in [0.29, 0.717) is 0 Å². The van der Waals surface area contributed by atoms with E-state index in [-0.39, 0.29) is 12.5 Å². The maximum Gasteiger partial charge on any atom is 0.280 e. The highest BCUT2D eigenvalue weighted by Gasteiger charge is 2.11. The van der Waals surface area contributed by atoms with E-state index in [9.17, 15) is 4.79 Å².